The molecule has 0 saturated carbocycles. The van der Waals surface area contributed by atoms with Crippen molar-refractivity contribution in [1.82, 2.24) is 0 Å². The van der Waals surface area contributed by atoms with Gasteiger partial charge in [0.25, 0.3) is 0 Å². The van der Waals surface area contributed by atoms with E-state index in [0.717, 1.165) is 19.3 Å². The lowest BCUT2D eigenvalue weighted by molar-refractivity contribution is 0.0484. The first-order chi connectivity index (χ1) is 6.98. The van der Waals surface area contributed by atoms with Gasteiger partial charge in [0.05, 0.1) is 23.7 Å². The second kappa shape index (κ2) is 4.34. The predicted octanol–water partition coefficient (Wildman–Crippen LogP) is 1.75. The number of halogens is 1. The largest absolute Gasteiger partial charge is 0.374 e. The van der Waals surface area contributed by atoms with Gasteiger partial charge in [0.15, 0.2) is 9.84 Å². The van der Waals surface area contributed by atoms with E-state index in [1.807, 2.05) is 0 Å². The minimum atomic E-state index is -2.77. The van der Waals surface area contributed by atoms with Crippen molar-refractivity contribution in [2.24, 2.45) is 5.92 Å². The summed E-state index contributed by atoms with van der Waals surface area (Å²) in [5, 5.41) is 0. The number of ether oxygens (including phenoxy) is 1. The fourth-order valence-corrected chi connectivity index (χ4v) is 5.39. The van der Waals surface area contributed by atoms with Gasteiger partial charge < -0.3 is 4.74 Å². The Bertz CT molecular complexity index is 328. The first kappa shape index (κ1) is 11.9. The molecule has 0 aromatic heterocycles. The van der Waals surface area contributed by atoms with Crippen LogP contribution in [-0.2, 0) is 14.6 Å². The maximum Gasteiger partial charge on any atom is 0.150 e. The Labute approximate surface area is 99.6 Å². The molecule has 5 heteroatoms. The van der Waals surface area contributed by atoms with E-state index in [0.29, 0.717) is 17.6 Å². The Hall–Kier alpha value is 0.390. The third kappa shape index (κ3) is 2.74. The minimum Gasteiger partial charge on any atom is -0.374 e. The topological polar surface area (TPSA) is 43.4 Å². The van der Waals surface area contributed by atoms with Gasteiger partial charge in [-0.05, 0) is 32.1 Å². The highest BCUT2D eigenvalue weighted by molar-refractivity contribution is 9.09. The van der Waals surface area contributed by atoms with Crippen molar-refractivity contribution >= 4 is 25.8 Å². The van der Waals surface area contributed by atoms with E-state index in [1.165, 1.54) is 0 Å². The molecule has 2 rings (SSSR count). The second-order valence-electron chi connectivity index (χ2n) is 4.67. The Balaban J connectivity index is 1.94. The Morgan fingerprint density at radius 1 is 1.33 bits per heavy atom. The zero-order valence-electron chi connectivity index (χ0n) is 8.86. The van der Waals surface area contributed by atoms with Crippen molar-refractivity contribution in [1.29, 1.82) is 0 Å². The molecule has 2 aliphatic heterocycles. The Kier molecular flexibility index (Phi) is 3.43. The van der Waals surface area contributed by atoms with Crippen molar-refractivity contribution in [3.8, 4) is 0 Å². The van der Waals surface area contributed by atoms with E-state index < -0.39 is 9.84 Å². The molecular weight excluding hydrogens is 280 g/mol. The summed E-state index contributed by atoms with van der Waals surface area (Å²) in [6.45, 7) is 2.07. The quantitative estimate of drug-likeness (QED) is 0.729. The highest BCUT2D eigenvalue weighted by Crippen LogP contribution is 2.34. The van der Waals surface area contributed by atoms with Gasteiger partial charge in [-0.3, -0.25) is 0 Å². The highest BCUT2D eigenvalue weighted by atomic mass is 79.9. The van der Waals surface area contributed by atoms with E-state index in [1.54, 1.807) is 0 Å². The van der Waals surface area contributed by atoms with Gasteiger partial charge in [-0.15, -0.1) is 0 Å². The second-order valence-corrected chi connectivity index (χ2v) is 7.96. The van der Waals surface area contributed by atoms with Crippen molar-refractivity contribution < 1.29 is 13.2 Å². The number of rotatable bonds is 2. The monoisotopic (exact) mass is 296 g/mol. The van der Waals surface area contributed by atoms with E-state index >= 15 is 0 Å². The van der Waals surface area contributed by atoms with Gasteiger partial charge >= 0.3 is 0 Å². The number of sulfone groups is 1. The van der Waals surface area contributed by atoms with Gasteiger partial charge in [-0.1, -0.05) is 15.9 Å². The lowest BCUT2D eigenvalue weighted by Crippen LogP contribution is -2.29. The summed E-state index contributed by atoms with van der Waals surface area (Å²) in [5.41, 5.74) is 0. The number of alkyl halides is 1. The molecule has 2 heterocycles. The SMILES string of the molecule is CC1CCC(C(Br)C2CCS(=O)(=O)C2)O1. The summed E-state index contributed by atoms with van der Waals surface area (Å²) in [7, 11) is -2.77. The molecule has 0 bridgehead atoms. The smallest absolute Gasteiger partial charge is 0.150 e. The van der Waals surface area contributed by atoms with Crippen LogP contribution in [0.25, 0.3) is 0 Å². The Morgan fingerprint density at radius 3 is 2.53 bits per heavy atom. The predicted molar refractivity (Wildman–Crippen MR) is 63.0 cm³/mol. The van der Waals surface area contributed by atoms with Crippen LogP contribution in [0.3, 0.4) is 0 Å². The van der Waals surface area contributed by atoms with Gasteiger partial charge in [0, 0.05) is 4.83 Å². The van der Waals surface area contributed by atoms with Gasteiger partial charge in [-0.25, -0.2) is 8.42 Å². The van der Waals surface area contributed by atoms with Crippen LogP contribution in [0.5, 0.6) is 0 Å². The molecule has 0 aromatic carbocycles. The van der Waals surface area contributed by atoms with E-state index in [4.69, 9.17) is 4.74 Å². The average Bonchev–Trinajstić information content (AvgIpc) is 2.71. The molecule has 0 amide bonds. The van der Waals surface area contributed by atoms with Crippen LogP contribution in [0, 0.1) is 5.92 Å². The van der Waals surface area contributed by atoms with Gasteiger partial charge in [0.1, 0.15) is 0 Å². The van der Waals surface area contributed by atoms with Crippen molar-refractivity contribution in [2.45, 2.75) is 43.2 Å². The van der Waals surface area contributed by atoms with Crippen molar-refractivity contribution in [3.05, 3.63) is 0 Å². The zero-order chi connectivity index (χ0) is 11.1. The van der Waals surface area contributed by atoms with Crippen LogP contribution in [-0.4, -0.2) is 37.0 Å². The molecule has 3 nitrogen and oxygen atoms in total. The van der Waals surface area contributed by atoms with Crippen LogP contribution in [0.15, 0.2) is 0 Å². The third-order valence-corrected chi connectivity index (χ3v) is 6.47. The van der Waals surface area contributed by atoms with Crippen molar-refractivity contribution in [3.63, 3.8) is 0 Å². The van der Waals surface area contributed by atoms with Gasteiger partial charge in [0.2, 0.25) is 0 Å². The molecule has 2 fully saturated rings. The number of hydrogen-bond acceptors (Lipinski definition) is 3. The average molecular weight is 297 g/mol. The normalized spacial score (nSPS) is 41.9. The van der Waals surface area contributed by atoms with E-state index in [9.17, 15) is 8.42 Å². The maximum absolute atomic E-state index is 11.4. The molecule has 0 radical (unpaired) electrons. The molecule has 0 aromatic rings. The zero-order valence-corrected chi connectivity index (χ0v) is 11.3. The number of hydrogen-bond donors (Lipinski definition) is 0. The fourth-order valence-electron chi connectivity index (χ4n) is 2.45. The van der Waals surface area contributed by atoms with Crippen LogP contribution >= 0.6 is 15.9 Å². The molecule has 0 spiro atoms. The molecule has 88 valence electrons. The van der Waals surface area contributed by atoms with Crippen LogP contribution in [0.2, 0.25) is 0 Å². The van der Waals surface area contributed by atoms with E-state index in [-0.39, 0.29) is 16.8 Å². The first-order valence-corrected chi connectivity index (χ1v) is 8.21. The van der Waals surface area contributed by atoms with Crippen LogP contribution < -0.4 is 0 Å². The molecule has 2 aliphatic rings. The first-order valence-electron chi connectivity index (χ1n) is 5.48. The molecule has 4 atom stereocenters. The minimum absolute atomic E-state index is 0.207. The molecule has 2 saturated heterocycles. The summed E-state index contributed by atoms with van der Waals surface area (Å²) in [5.74, 6) is 0.921. The Morgan fingerprint density at radius 2 is 2.07 bits per heavy atom. The van der Waals surface area contributed by atoms with Crippen LogP contribution in [0.4, 0.5) is 0 Å². The van der Waals surface area contributed by atoms with Crippen molar-refractivity contribution in [2.75, 3.05) is 11.5 Å². The van der Waals surface area contributed by atoms with Gasteiger partial charge in [-0.2, -0.15) is 0 Å². The molecule has 4 unspecified atom stereocenters. The standard InChI is InChI=1S/C10H17BrO3S/c1-7-2-3-9(14-7)10(11)8-4-5-15(12,13)6-8/h7-10H,2-6H2,1H3. The summed E-state index contributed by atoms with van der Waals surface area (Å²) in [6, 6.07) is 0. The summed E-state index contributed by atoms with van der Waals surface area (Å²) >= 11 is 3.62. The fraction of sp³-hybridized carbons (Fsp3) is 1.00. The lowest BCUT2D eigenvalue weighted by Gasteiger charge is -2.22. The maximum atomic E-state index is 11.4. The summed E-state index contributed by atoms with van der Waals surface area (Å²) in [4.78, 5) is 0.208. The molecular formula is C10H17BrO3S. The lowest BCUT2D eigenvalue weighted by atomic mass is 9.99. The summed E-state index contributed by atoms with van der Waals surface area (Å²) in [6.07, 6.45) is 3.46. The summed E-state index contributed by atoms with van der Waals surface area (Å²) < 4.78 is 28.5. The molecule has 15 heavy (non-hydrogen) atoms. The highest BCUT2D eigenvalue weighted by Gasteiger charge is 2.38. The third-order valence-electron chi connectivity index (χ3n) is 3.34. The molecule has 0 aliphatic carbocycles. The molecule has 0 N–H and O–H groups in total. The van der Waals surface area contributed by atoms with E-state index in [2.05, 4.69) is 22.9 Å². The van der Waals surface area contributed by atoms with Crippen LogP contribution in [0.1, 0.15) is 26.2 Å².